The third-order valence-corrected chi connectivity index (χ3v) is 2.66. The molecule has 0 aliphatic heterocycles. The Morgan fingerprint density at radius 1 is 1.12 bits per heavy atom. The van der Waals surface area contributed by atoms with Crippen LogP contribution in [0.25, 0.3) is 0 Å². The molecule has 90 valence electrons. The Balaban J connectivity index is 2.25. The summed E-state index contributed by atoms with van der Waals surface area (Å²) in [5.41, 5.74) is 7.30. The van der Waals surface area contributed by atoms with Crippen molar-refractivity contribution in [3.63, 3.8) is 0 Å². The van der Waals surface area contributed by atoms with Crippen molar-refractivity contribution in [3.05, 3.63) is 35.9 Å². The van der Waals surface area contributed by atoms with E-state index in [2.05, 4.69) is 24.3 Å². The Bertz CT molecular complexity index is 273. The van der Waals surface area contributed by atoms with Crippen LogP contribution in [0.1, 0.15) is 18.4 Å². The second-order valence-corrected chi connectivity index (χ2v) is 3.88. The van der Waals surface area contributed by atoms with Crippen molar-refractivity contribution < 1.29 is 9.47 Å². The molecule has 1 unspecified atom stereocenters. The first kappa shape index (κ1) is 13.2. The lowest BCUT2D eigenvalue weighted by atomic mass is 10.0. The van der Waals surface area contributed by atoms with E-state index in [1.807, 2.05) is 6.07 Å². The highest BCUT2D eigenvalue weighted by Crippen LogP contribution is 2.09. The molecule has 1 rings (SSSR count). The van der Waals surface area contributed by atoms with Crippen molar-refractivity contribution in [2.24, 2.45) is 5.73 Å². The van der Waals surface area contributed by atoms with Crippen LogP contribution in [-0.4, -0.2) is 26.6 Å². The quantitative estimate of drug-likeness (QED) is 0.719. The van der Waals surface area contributed by atoms with E-state index in [1.54, 1.807) is 14.2 Å². The van der Waals surface area contributed by atoms with E-state index >= 15 is 0 Å². The molecule has 1 aromatic carbocycles. The molecule has 0 bridgehead atoms. The summed E-state index contributed by atoms with van der Waals surface area (Å²) in [7, 11) is 3.23. The summed E-state index contributed by atoms with van der Waals surface area (Å²) in [6.07, 6.45) is 2.71. The third kappa shape index (κ3) is 4.31. The first-order chi connectivity index (χ1) is 7.77. The standard InChI is InChI=1S/C13H21NO2/c1-15-13(16-2)12(14)10-6-9-11-7-4-3-5-8-11/h3-5,7-8,12-13H,6,9-10,14H2,1-2H3. The fraction of sp³-hybridized carbons (Fsp3) is 0.538. The second-order valence-electron chi connectivity index (χ2n) is 3.88. The van der Waals surface area contributed by atoms with Gasteiger partial charge in [0.25, 0.3) is 0 Å². The summed E-state index contributed by atoms with van der Waals surface area (Å²) in [5.74, 6) is 0. The Hall–Kier alpha value is -0.900. The van der Waals surface area contributed by atoms with Crippen molar-refractivity contribution in [1.29, 1.82) is 0 Å². The number of hydrogen-bond acceptors (Lipinski definition) is 3. The van der Waals surface area contributed by atoms with Crippen molar-refractivity contribution in [1.82, 2.24) is 0 Å². The number of ether oxygens (including phenoxy) is 2. The van der Waals surface area contributed by atoms with Crippen LogP contribution < -0.4 is 5.73 Å². The number of benzene rings is 1. The van der Waals surface area contributed by atoms with Crippen LogP contribution in [0.15, 0.2) is 30.3 Å². The summed E-state index contributed by atoms with van der Waals surface area (Å²) in [4.78, 5) is 0. The predicted octanol–water partition coefficient (Wildman–Crippen LogP) is 1.96. The molecule has 3 nitrogen and oxygen atoms in total. The third-order valence-electron chi connectivity index (χ3n) is 2.66. The molecule has 1 atom stereocenters. The minimum Gasteiger partial charge on any atom is -0.354 e. The van der Waals surface area contributed by atoms with Crippen LogP contribution in [0.4, 0.5) is 0 Å². The highest BCUT2D eigenvalue weighted by molar-refractivity contribution is 5.14. The van der Waals surface area contributed by atoms with Crippen molar-refractivity contribution in [3.8, 4) is 0 Å². The SMILES string of the molecule is COC(OC)C(N)CCCc1ccccc1. The van der Waals surface area contributed by atoms with E-state index in [-0.39, 0.29) is 12.3 Å². The summed E-state index contributed by atoms with van der Waals surface area (Å²) in [5, 5.41) is 0. The van der Waals surface area contributed by atoms with Crippen LogP contribution in [0.5, 0.6) is 0 Å². The van der Waals surface area contributed by atoms with Crippen LogP contribution in [0.2, 0.25) is 0 Å². The smallest absolute Gasteiger partial charge is 0.171 e. The molecule has 2 N–H and O–H groups in total. The zero-order valence-electron chi connectivity index (χ0n) is 10.1. The molecule has 0 radical (unpaired) electrons. The van der Waals surface area contributed by atoms with Crippen LogP contribution in [0, 0.1) is 0 Å². The van der Waals surface area contributed by atoms with Gasteiger partial charge in [0.15, 0.2) is 6.29 Å². The average molecular weight is 223 g/mol. The van der Waals surface area contributed by atoms with Crippen molar-refractivity contribution >= 4 is 0 Å². The maximum atomic E-state index is 5.95. The van der Waals surface area contributed by atoms with Gasteiger partial charge in [-0.15, -0.1) is 0 Å². The molecular formula is C13H21NO2. The fourth-order valence-electron chi connectivity index (χ4n) is 1.77. The van der Waals surface area contributed by atoms with Gasteiger partial charge in [0.2, 0.25) is 0 Å². The molecule has 0 aliphatic rings. The molecule has 3 heteroatoms. The average Bonchev–Trinajstić information content (AvgIpc) is 2.32. The van der Waals surface area contributed by atoms with Gasteiger partial charge < -0.3 is 15.2 Å². The molecule has 0 aliphatic carbocycles. The van der Waals surface area contributed by atoms with E-state index in [0.717, 1.165) is 19.3 Å². The highest BCUT2D eigenvalue weighted by Gasteiger charge is 2.15. The van der Waals surface area contributed by atoms with Gasteiger partial charge in [-0.2, -0.15) is 0 Å². The molecule has 16 heavy (non-hydrogen) atoms. The molecule has 0 saturated carbocycles. The van der Waals surface area contributed by atoms with E-state index in [1.165, 1.54) is 5.56 Å². The van der Waals surface area contributed by atoms with E-state index in [9.17, 15) is 0 Å². The lowest BCUT2D eigenvalue weighted by Crippen LogP contribution is -2.37. The van der Waals surface area contributed by atoms with E-state index < -0.39 is 0 Å². The van der Waals surface area contributed by atoms with Gasteiger partial charge in [0.1, 0.15) is 0 Å². The zero-order chi connectivity index (χ0) is 11.8. The minimum atomic E-state index is -0.296. The Morgan fingerprint density at radius 3 is 2.31 bits per heavy atom. The second kappa shape index (κ2) is 7.39. The monoisotopic (exact) mass is 223 g/mol. The molecule has 0 amide bonds. The van der Waals surface area contributed by atoms with Crippen LogP contribution in [0.3, 0.4) is 0 Å². The van der Waals surface area contributed by atoms with Crippen molar-refractivity contribution in [2.75, 3.05) is 14.2 Å². The molecule has 0 aromatic heterocycles. The van der Waals surface area contributed by atoms with Gasteiger partial charge in [0, 0.05) is 14.2 Å². The molecule has 0 fully saturated rings. The summed E-state index contributed by atoms with van der Waals surface area (Å²) >= 11 is 0. The fourth-order valence-corrected chi connectivity index (χ4v) is 1.77. The first-order valence-corrected chi connectivity index (χ1v) is 5.63. The number of methoxy groups -OCH3 is 2. The highest BCUT2D eigenvalue weighted by atomic mass is 16.7. The maximum absolute atomic E-state index is 5.95. The molecule has 0 spiro atoms. The van der Waals surface area contributed by atoms with E-state index in [0.29, 0.717) is 0 Å². The normalized spacial score (nSPS) is 13.0. The minimum absolute atomic E-state index is 0.0567. The van der Waals surface area contributed by atoms with Crippen molar-refractivity contribution in [2.45, 2.75) is 31.6 Å². The van der Waals surface area contributed by atoms with Gasteiger partial charge in [0.05, 0.1) is 6.04 Å². The topological polar surface area (TPSA) is 44.5 Å². The summed E-state index contributed by atoms with van der Waals surface area (Å²) in [6.45, 7) is 0. The summed E-state index contributed by atoms with van der Waals surface area (Å²) in [6, 6.07) is 10.4. The largest absolute Gasteiger partial charge is 0.354 e. The lowest BCUT2D eigenvalue weighted by Gasteiger charge is -2.20. The lowest BCUT2D eigenvalue weighted by molar-refractivity contribution is -0.117. The van der Waals surface area contributed by atoms with Gasteiger partial charge in [-0.25, -0.2) is 0 Å². The predicted molar refractivity (Wildman–Crippen MR) is 65.2 cm³/mol. The van der Waals surface area contributed by atoms with E-state index in [4.69, 9.17) is 15.2 Å². The molecule has 0 heterocycles. The molecule has 0 saturated heterocycles. The Morgan fingerprint density at radius 2 is 1.75 bits per heavy atom. The Kier molecular flexibility index (Phi) is 6.08. The zero-order valence-corrected chi connectivity index (χ0v) is 10.1. The number of nitrogens with two attached hydrogens (primary N) is 1. The maximum Gasteiger partial charge on any atom is 0.171 e. The van der Waals surface area contributed by atoms with Gasteiger partial charge >= 0.3 is 0 Å². The summed E-state index contributed by atoms with van der Waals surface area (Å²) < 4.78 is 10.2. The van der Waals surface area contributed by atoms with Gasteiger partial charge in [-0.3, -0.25) is 0 Å². The van der Waals surface area contributed by atoms with Crippen LogP contribution >= 0.6 is 0 Å². The number of rotatable bonds is 7. The van der Waals surface area contributed by atoms with Crippen LogP contribution in [-0.2, 0) is 15.9 Å². The Labute approximate surface area is 97.6 Å². The van der Waals surface area contributed by atoms with Gasteiger partial charge in [-0.1, -0.05) is 30.3 Å². The number of aryl methyl sites for hydroxylation is 1. The molecular weight excluding hydrogens is 202 g/mol. The first-order valence-electron chi connectivity index (χ1n) is 5.63. The number of hydrogen-bond donors (Lipinski definition) is 1. The van der Waals surface area contributed by atoms with Gasteiger partial charge in [-0.05, 0) is 24.8 Å². The molecule has 1 aromatic rings.